The molecule has 4 fully saturated rings. The summed E-state index contributed by atoms with van der Waals surface area (Å²) in [5.74, 6) is 1.02. The van der Waals surface area contributed by atoms with Gasteiger partial charge in [0.25, 0.3) is 0 Å². The van der Waals surface area contributed by atoms with E-state index in [2.05, 4.69) is 15.8 Å². The van der Waals surface area contributed by atoms with Crippen molar-refractivity contribution in [2.75, 3.05) is 71.2 Å². The number of aromatic hydroxyl groups is 1. The van der Waals surface area contributed by atoms with E-state index in [0.29, 0.717) is 63.4 Å². The summed E-state index contributed by atoms with van der Waals surface area (Å²) in [7, 11) is 1.44. The van der Waals surface area contributed by atoms with Gasteiger partial charge in [-0.05, 0) is 76.1 Å². The Hall–Kier alpha value is -4.35. The number of ether oxygens (including phenoxy) is 5. The monoisotopic (exact) mass is 743 g/mol. The molecule has 0 amide bonds. The lowest BCUT2D eigenvalue weighted by molar-refractivity contribution is -0.264. The molecule has 1 saturated carbocycles. The molecule has 2 aromatic heterocycles. The molecule has 286 valence electrons. The molecule has 54 heavy (non-hydrogen) atoms. The van der Waals surface area contributed by atoms with E-state index in [0.717, 1.165) is 51.6 Å². The third kappa shape index (κ3) is 6.78. The van der Waals surface area contributed by atoms with Gasteiger partial charge in [-0.15, -0.1) is 6.42 Å². The van der Waals surface area contributed by atoms with Crippen LogP contribution >= 0.6 is 0 Å². The minimum atomic E-state index is -0.801. The van der Waals surface area contributed by atoms with Crippen molar-refractivity contribution >= 4 is 27.5 Å². The van der Waals surface area contributed by atoms with Gasteiger partial charge in [-0.2, -0.15) is 9.97 Å². The topological polar surface area (TPSA) is 112 Å². The second kappa shape index (κ2) is 14.7. The molecule has 4 aromatic rings. The summed E-state index contributed by atoms with van der Waals surface area (Å²) in [6, 6.07) is 5.84. The summed E-state index contributed by atoms with van der Waals surface area (Å²) >= 11 is 0. The maximum absolute atomic E-state index is 17.2. The van der Waals surface area contributed by atoms with E-state index >= 15 is 8.78 Å². The summed E-state index contributed by atoms with van der Waals surface area (Å²) in [6.07, 6.45) is 11.7. The second-order valence-electron chi connectivity index (χ2n) is 15.5. The van der Waals surface area contributed by atoms with E-state index in [9.17, 15) is 5.11 Å². The molecule has 0 bridgehead atoms. The third-order valence-electron chi connectivity index (χ3n) is 11.6. The number of phenolic OH excluding ortho intramolecular Hbond substituents is 1. The van der Waals surface area contributed by atoms with Crippen LogP contribution in [0, 0.1) is 35.3 Å². The predicted octanol–water partition coefficient (Wildman–Crippen LogP) is 6.46. The number of benzene rings is 2. The first-order valence-corrected chi connectivity index (χ1v) is 18.9. The van der Waals surface area contributed by atoms with Crippen molar-refractivity contribution < 1.29 is 37.6 Å². The Balaban J connectivity index is 1.20. The fraction of sp³-hybridized carbons (Fsp3) is 0.537. The maximum atomic E-state index is 17.2. The van der Waals surface area contributed by atoms with Gasteiger partial charge >= 0.3 is 6.01 Å². The molecule has 11 nitrogen and oxygen atoms in total. The van der Waals surface area contributed by atoms with Gasteiger partial charge in [-0.25, -0.2) is 13.8 Å². The molecule has 0 spiro atoms. The van der Waals surface area contributed by atoms with E-state index in [-0.39, 0.29) is 62.1 Å². The standard InChI is InChI=1S/C41H47F2N5O6/c1-5-28-30(42)11-10-26-19-27(49)20-29(32(26)28)35-34(43)36-33(38(44-35)50-4)37(47-15-8-17-51-18-16-47)46-39(45-36)52-24-41-12-6-9-31(41)48(14-7-13-41)21-25-22-53-40(2,3)54-23-25/h1,10-11,19-20,25,31,49H,6-9,12-18,21-24H2,2-4H3. The number of hydrogen-bond donors (Lipinski definition) is 1. The van der Waals surface area contributed by atoms with Crippen molar-refractivity contribution in [3.05, 3.63) is 41.5 Å². The molecule has 8 rings (SSSR count). The number of methoxy groups -OCH3 is 1. The SMILES string of the molecule is C#Cc1c(F)ccc2cc(O)cc(-c3nc(OC)c4c(N5CCCOCC5)nc(OCC56CCCC5N(CC5COC(C)(C)OC5)CCC6)nc4c3F)c12. The van der Waals surface area contributed by atoms with Crippen LogP contribution in [0.15, 0.2) is 24.3 Å². The Morgan fingerprint density at radius 1 is 1.00 bits per heavy atom. The molecule has 3 aliphatic heterocycles. The molecule has 1 aliphatic carbocycles. The van der Waals surface area contributed by atoms with Crippen LogP contribution in [0.3, 0.4) is 0 Å². The highest BCUT2D eigenvalue weighted by Crippen LogP contribution is 2.49. The number of nitrogens with zero attached hydrogens (tertiary/aromatic N) is 5. The van der Waals surface area contributed by atoms with Gasteiger partial charge in [-0.3, -0.25) is 4.90 Å². The van der Waals surface area contributed by atoms with Gasteiger partial charge in [0, 0.05) is 54.6 Å². The van der Waals surface area contributed by atoms with Crippen molar-refractivity contribution in [1.29, 1.82) is 0 Å². The van der Waals surface area contributed by atoms with Crippen molar-refractivity contribution in [3.8, 4) is 41.2 Å². The number of pyridine rings is 1. The van der Waals surface area contributed by atoms with E-state index in [1.165, 1.54) is 31.4 Å². The smallest absolute Gasteiger partial charge is 0.319 e. The molecule has 1 N–H and O–H groups in total. The normalized spacial score (nSPS) is 23.6. The molecule has 0 radical (unpaired) electrons. The van der Waals surface area contributed by atoms with Crippen molar-refractivity contribution in [3.63, 3.8) is 0 Å². The average Bonchev–Trinajstić information content (AvgIpc) is 3.42. The fourth-order valence-corrected chi connectivity index (χ4v) is 9.04. The average molecular weight is 744 g/mol. The Labute approximate surface area is 313 Å². The van der Waals surface area contributed by atoms with Crippen LogP contribution in [-0.4, -0.2) is 103 Å². The predicted molar refractivity (Wildman–Crippen MR) is 200 cm³/mol. The quantitative estimate of drug-likeness (QED) is 0.201. The highest BCUT2D eigenvalue weighted by Gasteiger charge is 2.49. The van der Waals surface area contributed by atoms with Crippen LogP contribution in [0.4, 0.5) is 14.6 Å². The van der Waals surface area contributed by atoms with Gasteiger partial charge < -0.3 is 33.7 Å². The number of terminal acetylenes is 1. The largest absolute Gasteiger partial charge is 0.508 e. The minimum absolute atomic E-state index is 0.0466. The first kappa shape index (κ1) is 36.6. The number of likely N-dealkylation sites (tertiary alicyclic amines) is 1. The summed E-state index contributed by atoms with van der Waals surface area (Å²) in [6.45, 7) is 9.68. The number of fused-ring (bicyclic) bond motifs is 3. The zero-order valence-corrected chi connectivity index (χ0v) is 31.1. The van der Waals surface area contributed by atoms with Crippen molar-refractivity contribution in [2.45, 2.75) is 64.2 Å². The fourth-order valence-electron chi connectivity index (χ4n) is 9.04. The number of anilines is 1. The molecule has 2 unspecified atom stereocenters. The van der Waals surface area contributed by atoms with Crippen LogP contribution in [0.1, 0.15) is 57.9 Å². The highest BCUT2D eigenvalue weighted by atomic mass is 19.1. The lowest BCUT2D eigenvalue weighted by atomic mass is 9.75. The molecule has 13 heteroatoms. The lowest BCUT2D eigenvalue weighted by Crippen LogP contribution is -2.54. The first-order valence-electron chi connectivity index (χ1n) is 18.9. The van der Waals surface area contributed by atoms with Crippen LogP contribution in [0.25, 0.3) is 32.9 Å². The van der Waals surface area contributed by atoms with Gasteiger partial charge in [0.05, 0.1) is 39.1 Å². The summed E-state index contributed by atoms with van der Waals surface area (Å²) in [5, 5.41) is 11.7. The van der Waals surface area contributed by atoms with Gasteiger partial charge in [0.2, 0.25) is 5.88 Å². The number of hydrogen-bond acceptors (Lipinski definition) is 11. The molecule has 5 heterocycles. The molecular weight excluding hydrogens is 696 g/mol. The zero-order valence-electron chi connectivity index (χ0n) is 31.1. The number of piperidine rings is 1. The molecule has 3 saturated heterocycles. The van der Waals surface area contributed by atoms with E-state index in [1.807, 2.05) is 18.7 Å². The van der Waals surface area contributed by atoms with E-state index in [4.69, 9.17) is 40.1 Å². The Morgan fingerprint density at radius 3 is 2.61 bits per heavy atom. The summed E-state index contributed by atoms with van der Waals surface area (Å²) < 4.78 is 62.4. The number of phenols is 1. The van der Waals surface area contributed by atoms with E-state index < -0.39 is 17.4 Å². The van der Waals surface area contributed by atoms with Crippen LogP contribution in [0.5, 0.6) is 17.6 Å². The summed E-state index contributed by atoms with van der Waals surface area (Å²) in [5.41, 5.74) is -0.345. The molecular formula is C41H47F2N5O6. The zero-order chi connectivity index (χ0) is 37.6. The second-order valence-corrected chi connectivity index (χ2v) is 15.5. The highest BCUT2D eigenvalue weighted by molar-refractivity contribution is 6.04. The number of aromatic nitrogens is 3. The number of halogens is 2. The van der Waals surface area contributed by atoms with Crippen molar-refractivity contribution in [1.82, 2.24) is 19.9 Å². The van der Waals surface area contributed by atoms with E-state index in [1.54, 1.807) is 0 Å². The van der Waals surface area contributed by atoms with Crippen LogP contribution < -0.4 is 14.4 Å². The third-order valence-corrected chi connectivity index (χ3v) is 11.6. The molecule has 2 aromatic carbocycles. The van der Waals surface area contributed by atoms with Gasteiger partial charge in [-0.1, -0.05) is 18.4 Å². The van der Waals surface area contributed by atoms with Crippen LogP contribution in [0.2, 0.25) is 0 Å². The van der Waals surface area contributed by atoms with Crippen LogP contribution in [-0.2, 0) is 14.2 Å². The maximum Gasteiger partial charge on any atom is 0.319 e. The first-order chi connectivity index (χ1) is 26.1. The van der Waals surface area contributed by atoms with Gasteiger partial charge in [0.1, 0.15) is 34.0 Å². The Bertz CT molecular complexity index is 2090. The Kier molecular flexibility index (Phi) is 9.98. The Morgan fingerprint density at radius 2 is 1.81 bits per heavy atom. The van der Waals surface area contributed by atoms with Crippen molar-refractivity contribution in [2.24, 2.45) is 11.3 Å². The summed E-state index contributed by atoms with van der Waals surface area (Å²) in [4.78, 5) is 18.9. The molecule has 2 atom stereocenters. The molecule has 4 aliphatic rings. The number of rotatable bonds is 8. The minimum Gasteiger partial charge on any atom is -0.508 e. The lowest BCUT2D eigenvalue weighted by Gasteiger charge is -2.48. The van der Waals surface area contributed by atoms with Gasteiger partial charge in [0.15, 0.2) is 11.6 Å².